The molecule has 0 unspecified atom stereocenters. The number of carbonyl (C=O) groups is 2. The van der Waals surface area contributed by atoms with Crippen LogP contribution in [0.15, 0.2) is 101 Å². The van der Waals surface area contributed by atoms with E-state index in [1.54, 1.807) is 49.6 Å². The van der Waals surface area contributed by atoms with E-state index in [0.29, 0.717) is 33.8 Å². The molecule has 5 rings (SSSR count). The number of nitrogens with zero attached hydrogens (tertiary/aromatic N) is 1. The monoisotopic (exact) mass is 597 g/mol. The summed E-state index contributed by atoms with van der Waals surface area (Å²) in [4.78, 5) is 29.4. The summed E-state index contributed by atoms with van der Waals surface area (Å²) >= 11 is 3.43. The molecule has 0 aliphatic carbocycles. The molecule has 0 aliphatic heterocycles. The predicted octanol–water partition coefficient (Wildman–Crippen LogP) is 6.60. The highest BCUT2D eigenvalue weighted by atomic mass is 79.9. The van der Waals surface area contributed by atoms with Gasteiger partial charge in [-0.15, -0.1) is 0 Å². The molecule has 2 N–H and O–H groups in total. The van der Waals surface area contributed by atoms with E-state index in [0.717, 1.165) is 21.0 Å². The Hall–Kier alpha value is -4.89. The number of carbonyl (C=O) groups excluding carboxylic acids is 2. The van der Waals surface area contributed by atoms with Crippen molar-refractivity contribution in [2.24, 2.45) is 5.10 Å². The molecule has 1 amide bonds. The molecule has 4 aromatic carbocycles. The van der Waals surface area contributed by atoms with Gasteiger partial charge in [-0.05, 0) is 48.0 Å². The molecule has 40 heavy (non-hydrogen) atoms. The third kappa shape index (κ3) is 5.60. The average molecular weight is 598 g/mol. The van der Waals surface area contributed by atoms with Crippen LogP contribution in [-0.2, 0) is 0 Å². The summed E-state index contributed by atoms with van der Waals surface area (Å²) in [5, 5.41) is 5.01. The van der Waals surface area contributed by atoms with Crippen LogP contribution in [0.25, 0.3) is 22.0 Å². The van der Waals surface area contributed by atoms with E-state index in [2.05, 4.69) is 31.4 Å². The minimum absolute atomic E-state index is 0.273. The van der Waals surface area contributed by atoms with E-state index in [9.17, 15) is 9.59 Å². The van der Waals surface area contributed by atoms with Crippen LogP contribution in [-0.4, -0.2) is 37.3 Å². The van der Waals surface area contributed by atoms with Gasteiger partial charge in [-0.1, -0.05) is 64.5 Å². The van der Waals surface area contributed by atoms with Crippen molar-refractivity contribution in [3.05, 3.63) is 112 Å². The van der Waals surface area contributed by atoms with Gasteiger partial charge >= 0.3 is 5.97 Å². The molecule has 1 heterocycles. The molecule has 9 heteroatoms. The third-order valence-corrected chi connectivity index (χ3v) is 6.65. The van der Waals surface area contributed by atoms with Crippen molar-refractivity contribution in [2.75, 3.05) is 14.2 Å². The number of amides is 1. The van der Waals surface area contributed by atoms with Gasteiger partial charge in [0, 0.05) is 21.0 Å². The van der Waals surface area contributed by atoms with E-state index in [1.165, 1.54) is 13.3 Å². The molecule has 0 bridgehead atoms. The number of aromatic nitrogens is 1. The van der Waals surface area contributed by atoms with Crippen LogP contribution in [0.1, 0.15) is 26.4 Å². The van der Waals surface area contributed by atoms with Gasteiger partial charge in [0.25, 0.3) is 5.91 Å². The fourth-order valence-corrected chi connectivity index (χ4v) is 4.65. The van der Waals surface area contributed by atoms with Crippen LogP contribution in [0.4, 0.5) is 0 Å². The largest absolute Gasteiger partial charge is 0.497 e. The second-order valence-corrected chi connectivity index (χ2v) is 9.54. The number of H-pyrrole nitrogens is 1. The van der Waals surface area contributed by atoms with Gasteiger partial charge in [0.2, 0.25) is 0 Å². The number of esters is 1. The lowest BCUT2D eigenvalue weighted by molar-refractivity contribution is 0.0733. The first kappa shape index (κ1) is 26.7. The minimum Gasteiger partial charge on any atom is -0.497 e. The highest BCUT2D eigenvalue weighted by Crippen LogP contribution is 2.36. The molecule has 8 nitrogen and oxygen atoms in total. The van der Waals surface area contributed by atoms with Crippen molar-refractivity contribution >= 4 is 44.9 Å². The van der Waals surface area contributed by atoms with Crippen molar-refractivity contribution in [2.45, 2.75) is 0 Å². The number of halogens is 1. The molecule has 0 spiro atoms. The first-order valence-corrected chi connectivity index (χ1v) is 13.0. The predicted molar refractivity (Wildman–Crippen MR) is 157 cm³/mol. The summed E-state index contributed by atoms with van der Waals surface area (Å²) in [6.07, 6.45) is 1.42. The van der Waals surface area contributed by atoms with Crippen LogP contribution in [0.5, 0.6) is 17.2 Å². The number of hydrogen-bond acceptors (Lipinski definition) is 6. The smallest absolute Gasteiger partial charge is 0.343 e. The van der Waals surface area contributed by atoms with Crippen LogP contribution in [0.3, 0.4) is 0 Å². The average Bonchev–Trinajstić information content (AvgIpc) is 3.39. The first-order chi connectivity index (χ1) is 19.5. The maximum absolute atomic E-state index is 13.4. The van der Waals surface area contributed by atoms with E-state index in [-0.39, 0.29) is 5.75 Å². The normalized spacial score (nSPS) is 11.0. The van der Waals surface area contributed by atoms with Gasteiger partial charge in [-0.2, -0.15) is 5.10 Å². The summed E-state index contributed by atoms with van der Waals surface area (Å²) in [7, 11) is 3.11. The maximum atomic E-state index is 13.4. The summed E-state index contributed by atoms with van der Waals surface area (Å²) in [5.74, 6) is 0.431. The molecule has 0 radical (unpaired) electrons. The number of rotatable bonds is 8. The van der Waals surface area contributed by atoms with Crippen molar-refractivity contribution in [1.82, 2.24) is 10.4 Å². The van der Waals surface area contributed by atoms with Crippen molar-refractivity contribution in [3.8, 4) is 28.4 Å². The standard InChI is InChI=1S/C31H24BrN3O5/c1-38-23-11-6-10-20(17-23)31(37)40-25-15-14-22(32)16-21(25)18-33-35-30(36)29-27(19-8-4-3-5-9-19)24-12-7-13-26(39-2)28(24)34-29/h3-18,34H,1-2H3,(H,35,36). The number of benzene rings is 4. The number of aromatic amines is 1. The minimum atomic E-state index is -0.556. The molecule has 0 aliphatic rings. The second kappa shape index (κ2) is 11.9. The molecule has 200 valence electrons. The molecule has 0 fully saturated rings. The summed E-state index contributed by atoms with van der Waals surface area (Å²) < 4.78 is 17.1. The van der Waals surface area contributed by atoms with Crippen LogP contribution in [0, 0.1) is 0 Å². The zero-order valence-electron chi connectivity index (χ0n) is 21.6. The van der Waals surface area contributed by atoms with Crippen LogP contribution >= 0.6 is 15.9 Å². The summed E-state index contributed by atoms with van der Waals surface area (Å²) in [6.45, 7) is 0. The summed E-state index contributed by atoms with van der Waals surface area (Å²) in [6, 6.07) is 27.0. The van der Waals surface area contributed by atoms with Gasteiger partial charge in [-0.25, -0.2) is 10.2 Å². The molecule has 0 saturated heterocycles. The number of ether oxygens (including phenoxy) is 3. The maximum Gasteiger partial charge on any atom is 0.343 e. The van der Waals surface area contributed by atoms with Gasteiger partial charge in [0.1, 0.15) is 22.9 Å². The second-order valence-electron chi connectivity index (χ2n) is 8.63. The van der Waals surface area contributed by atoms with E-state index in [1.807, 2.05) is 48.5 Å². The fourth-order valence-electron chi connectivity index (χ4n) is 4.27. The highest BCUT2D eigenvalue weighted by Gasteiger charge is 2.21. The third-order valence-electron chi connectivity index (χ3n) is 6.15. The topological polar surface area (TPSA) is 102 Å². The van der Waals surface area contributed by atoms with Crippen LogP contribution < -0.4 is 19.6 Å². The van der Waals surface area contributed by atoms with Gasteiger partial charge in [-0.3, -0.25) is 4.79 Å². The van der Waals surface area contributed by atoms with Gasteiger partial charge in [0.15, 0.2) is 0 Å². The molecule has 0 saturated carbocycles. The fraction of sp³-hybridized carbons (Fsp3) is 0.0645. The van der Waals surface area contributed by atoms with E-state index in [4.69, 9.17) is 14.2 Å². The SMILES string of the molecule is COc1cccc(C(=O)Oc2ccc(Br)cc2C=NNC(=O)c2[nH]c3c(OC)cccc3c2-c2ccccc2)c1. The zero-order chi connectivity index (χ0) is 28.1. The van der Waals surface area contributed by atoms with E-state index < -0.39 is 11.9 Å². The lowest BCUT2D eigenvalue weighted by Gasteiger charge is -2.09. The Balaban J connectivity index is 1.42. The first-order valence-electron chi connectivity index (χ1n) is 12.2. The lowest BCUT2D eigenvalue weighted by atomic mass is 10.0. The van der Waals surface area contributed by atoms with Crippen molar-refractivity contribution in [1.29, 1.82) is 0 Å². The Labute approximate surface area is 238 Å². The number of fused-ring (bicyclic) bond motifs is 1. The Morgan fingerprint density at radius 3 is 2.45 bits per heavy atom. The van der Waals surface area contributed by atoms with E-state index >= 15 is 0 Å². The van der Waals surface area contributed by atoms with Crippen LogP contribution in [0.2, 0.25) is 0 Å². The Kier molecular flexibility index (Phi) is 7.93. The molecule has 0 atom stereocenters. The number of para-hydroxylation sites is 1. The number of hydrazone groups is 1. The lowest BCUT2D eigenvalue weighted by Crippen LogP contribution is -2.19. The van der Waals surface area contributed by atoms with Crippen molar-refractivity contribution in [3.63, 3.8) is 0 Å². The molecule has 1 aromatic heterocycles. The molecule has 5 aromatic rings. The number of methoxy groups -OCH3 is 2. The number of hydrogen-bond donors (Lipinski definition) is 2. The Morgan fingerprint density at radius 2 is 1.68 bits per heavy atom. The number of nitrogens with one attached hydrogen (secondary N) is 2. The van der Waals surface area contributed by atoms with Gasteiger partial charge < -0.3 is 19.2 Å². The Morgan fingerprint density at radius 1 is 0.875 bits per heavy atom. The quantitative estimate of drug-likeness (QED) is 0.0908. The Bertz CT molecular complexity index is 1730. The zero-order valence-corrected chi connectivity index (χ0v) is 23.2. The van der Waals surface area contributed by atoms with Gasteiger partial charge in [0.05, 0.1) is 31.5 Å². The summed E-state index contributed by atoms with van der Waals surface area (Å²) in [5.41, 5.74) is 6.05. The molecular formula is C31H24BrN3O5. The molecular weight excluding hydrogens is 574 g/mol. The van der Waals surface area contributed by atoms with Crippen molar-refractivity contribution < 1.29 is 23.8 Å². The highest BCUT2D eigenvalue weighted by molar-refractivity contribution is 9.10.